The van der Waals surface area contributed by atoms with Gasteiger partial charge in [0.25, 0.3) is 0 Å². The highest BCUT2D eigenvalue weighted by Gasteiger charge is 2.07. The molecule has 2 aromatic rings. The van der Waals surface area contributed by atoms with Crippen LogP contribution >= 0.6 is 0 Å². The summed E-state index contributed by atoms with van der Waals surface area (Å²) in [5.41, 5.74) is 1.25. The Morgan fingerprint density at radius 2 is 1.29 bits per heavy atom. The largest absolute Gasteiger partial charge is 0.488 e. The van der Waals surface area contributed by atoms with Crippen molar-refractivity contribution < 1.29 is 14.8 Å². The van der Waals surface area contributed by atoms with E-state index >= 15 is 0 Å². The average Bonchev–Trinajstić information content (AvgIpc) is 2.41. The first-order valence-electron chi connectivity index (χ1n) is 5.15. The molecule has 0 aliphatic carbocycles. The summed E-state index contributed by atoms with van der Waals surface area (Å²) in [4.78, 5) is 10.0. The van der Waals surface area contributed by atoms with E-state index in [0.717, 1.165) is 11.8 Å². The summed E-state index contributed by atoms with van der Waals surface area (Å²) in [6, 6.07) is 17.8. The van der Waals surface area contributed by atoms with Crippen LogP contribution < -0.4 is 5.46 Å². The fourth-order valence-electron chi connectivity index (χ4n) is 1.16. The van der Waals surface area contributed by atoms with Crippen LogP contribution in [0.3, 0.4) is 0 Å². The lowest BCUT2D eigenvalue weighted by molar-refractivity contribution is 0.112. The zero-order valence-corrected chi connectivity index (χ0v) is 9.23. The molecule has 0 saturated heterocycles. The molecule has 2 rings (SSSR count). The van der Waals surface area contributed by atoms with Crippen LogP contribution in [0.2, 0.25) is 0 Å². The molecule has 0 unspecified atom stereocenters. The molecule has 0 fully saturated rings. The topological polar surface area (TPSA) is 57.5 Å². The molecule has 0 bridgehead atoms. The van der Waals surface area contributed by atoms with Crippen LogP contribution in [-0.4, -0.2) is 23.5 Å². The normalized spacial score (nSPS) is 8.82. The lowest BCUT2D eigenvalue weighted by Gasteiger charge is -1.94. The number of carbonyl (C=O) groups is 1. The second-order valence-corrected chi connectivity index (χ2v) is 3.31. The molecule has 17 heavy (non-hydrogen) atoms. The van der Waals surface area contributed by atoms with Gasteiger partial charge in [-0.05, 0) is 5.46 Å². The average molecular weight is 228 g/mol. The van der Waals surface area contributed by atoms with Crippen molar-refractivity contribution in [3.05, 3.63) is 66.2 Å². The number of carbonyl (C=O) groups excluding carboxylic acids is 1. The van der Waals surface area contributed by atoms with E-state index in [1.54, 1.807) is 36.4 Å². The van der Waals surface area contributed by atoms with E-state index < -0.39 is 7.12 Å². The molecule has 0 heterocycles. The molecular weight excluding hydrogens is 215 g/mol. The maximum atomic E-state index is 10.0. The molecule has 0 amide bonds. The molecule has 0 atom stereocenters. The Morgan fingerprint density at radius 3 is 1.59 bits per heavy atom. The van der Waals surface area contributed by atoms with E-state index in [1.165, 1.54) is 0 Å². The van der Waals surface area contributed by atoms with Crippen LogP contribution in [0.4, 0.5) is 0 Å². The Morgan fingerprint density at radius 1 is 0.824 bits per heavy atom. The van der Waals surface area contributed by atoms with Crippen LogP contribution in [0.25, 0.3) is 0 Å². The number of hydrogen-bond donors (Lipinski definition) is 2. The molecule has 2 aromatic carbocycles. The minimum Gasteiger partial charge on any atom is -0.423 e. The third-order valence-electron chi connectivity index (χ3n) is 2.03. The first-order valence-corrected chi connectivity index (χ1v) is 5.15. The summed E-state index contributed by atoms with van der Waals surface area (Å²) in [5, 5.41) is 17.2. The third-order valence-corrected chi connectivity index (χ3v) is 2.03. The van der Waals surface area contributed by atoms with Gasteiger partial charge in [0, 0.05) is 5.56 Å². The van der Waals surface area contributed by atoms with Crippen molar-refractivity contribution in [1.29, 1.82) is 0 Å². The molecule has 0 aromatic heterocycles. The molecule has 0 saturated carbocycles. The third kappa shape index (κ3) is 5.11. The number of aldehydes is 1. The lowest BCUT2D eigenvalue weighted by atomic mass is 9.81. The van der Waals surface area contributed by atoms with Gasteiger partial charge in [-0.25, -0.2) is 0 Å². The summed E-state index contributed by atoms with van der Waals surface area (Å²) >= 11 is 0. The van der Waals surface area contributed by atoms with E-state index in [4.69, 9.17) is 10.0 Å². The Hall–Kier alpha value is -1.91. The molecule has 4 heteroatoms. The second kappa shape index (κ2) is 7.38. The summed E-state index contributed by atoms with van der Waals surface area (Å²) in [6.07, 6.45) is 0.833. The monoisotopic (exact) mass is 228 g/mol. The number of rotatable bonds is 2. The smallest absolute Gasteiger partial charge is 0.423 e. The van der Waals surface area contributed by atoms with Crippen LogP contribution in [0, 0.1) is 0 Å². The summed E-state index contributed by atoms with van der Waals surface area (Å²) < 4.78 is 0. The van der Waals surface area contributed by atoms with E-state index in [9.17, 15) is 4.79 Å². The summed E-state index contributed by atoms with van der Waals surface area (Å²) in [6.45, 7) is 0. The second-order valence-electron chi connectivity index (χ2n) is 3.31. The lowest BCUT2D eigenvalue weighted by Crippen LogP contribution is -2.29. The highest BCUT2D eigenvalue weighted by Crippen LogP contribution is 1.91. The van der Waals surface area contributed by atoms with Crippen molar-refractivity contribution in [2.45, 2.75) is 0 Å². The standard InChI is InChI=1S/C7H6O.C6H7BO2/c8-6-7-4-2-1-3-5-7;8-7(9)6-4-2-1-3-5-6/h1-6H;1-5,8-9H. The van der Waals surface area contributed by atoms with Crippen molar-refractivity contribution in [3.8, 4) is 0 Å². The van der Waals surface area contributed by atoms with Crippen molar-refractivity contribution in [2.24, 2.45) is 0 Å². The summed E-state index contributed by atoms with van der Waals surface area (Å²) in [5.74, 6) is 0. The molecule has 2 N–H and O–H groups in total. The molecule has 0 aliphatic rings. The summed E-state index contributed by atoms with van der Waals surface area (Å²) in [7, 11) is -1.34. The Kier molecular flexibility index (Phi) is 5.71. The molecular formula is C13H13BO3. The maximum Gasteiger partial charge on any atom is 0.488 e. The van der Waals surface area contributed by atoms with Crippen LogP contribution in [0.5, 0.6) is 0 Å². The highest BCUT2D eigenvalue weighted by molar-refractivity contribution is 6.58. The van der Waals surface area contributed by atoms with E-state index in [1.807, 2.05) is 24.3 Å². The van der Waals surface area contributed by atoms with E-state index in [-0.39, 0.29) is 0 Å². The van der Waals surface area contributed by atoms with E-state index in [0.29, 0.717) is 5.46 Å². The minimum atomic E-state index is -1.34. The fourth-order valence-corrected chi connectivity index (χ4v) is 1.16. The highest BCUT2D eigenvalue weighted by atomic mass is 16.4. The Bertz CT molecular complexity index is 429. The Labute approximate surface area is 101 Å². The van der Waals surface area contributed by atoms with Crippen molar-refractivity contribution in [3.63, 3.8) is 0 Å². The zero-order chi connectivity index (χ0) is 12.5. The molecule has 3 nitrogen and oxygen atoms in total. The van der Waals surface area contributed by atoms with Crippen molar-refractivity contribution in [1.82, 2.24) is 0 Å². The van der Waals surface area contributed by atoms with Crippen LogP contribution in [-0.2, 0) is 0 Å². The fraction of sp³-hybridized carbons (Fsp3) is 0. The quantitative estimate of drug-likeness (QED) is 0.592. The number of benzene rings is 2. The predicted octanol–water partition coefficient (Wildman–Crippen LogP) is 0.865. The van der Waals surface area contributed by atoms with Gasteiger partial charge in [0.1, 0.15) is 6.29 Å². The van der Waals surface area contributed by atoms with Crippen molar-refractivity contribution >= 4 is 18.9 Å². The molecule has 0 radical (unpaired) electrons. The van der Waals surface area contributed by atoms with Gasteiger partial charge in [0.15, 0.2) is 0 Å². The SMILES string of the molecule is O=Cc1ccccc1.OB(O)c1ccccc1. The number of hydrogen-bond acceptors (Lipinski definition) is 3. The Balaban J connectivity index is 0.000000171. The zero-order valence-electron chi connectivity index (χ0n) is 9.23. The van der Waals surface area contributed by atoms with Crippen LogP contribution in [0.1, 0.15) is 10.4 Å². The van der Waals surface area contributed by atoms with Gasteiger partial charge >= 0.3 is 7.12 Å². The van der Waals surface area contributed by atoms with Gasteiger partial charge in [-0.2, -0.15) is 0 Å². The van der Waals surface area contributed by atoms with Gasteiger partial charge in [0.05, 0.1) is 0 Å². The first-order chi connectivity index (χ1) is 8.24. The van der Waals surface area contributed by atoms with Gasteiger partial charge in [-0.1, -0.05) is 60.7 Å². The van der Waals surface area contributed by atoms with Gasteiger partial charge in [-0.3, -0.25) is 4.79 Å². The van der Waals surface area contributed by atoms with Crippen LogP contribution in [0.15, 0.2) is 60.7 Å². The first kappa shape index (κ1) is 13.2. The van der Waals surface area contributed by atoms with Crippen molar-refractivity contribution in [2.75, 3.05) is 0 Å². The molecule has 0 aliphatic heterocycles. The van der Waals surface area contributed by atoms with Gasteiger partial charge in [0.2, 0.25) is 0 Å². The van der Waals surface area contributed by atoms with Gasteiger partial charge in [-0.15, -0.1) is 0 Å². The minimum absolute atomic E-state index is 0.525. The molecule has 0 spiro atoms. The predicted molar refractivity (Wildman–Crippen MR) is 68.1 cm³/mol. The van der Waals surface area contributed by atoms with Gasteiger partial charge < -0.3 is 10.0 Å². The molecule has 86 valence electrons. The maximum absolute atomic E-state index is 10.0. The van der Waals surface area contributed by atoms with E-state index in [2.05, 4.69) is 0 Å².